The van der Waals surface area contributed by atoms with Crippen LogP contribution in [-0.4, -0.2) is 34.7 Å². The molecule has 0 aliphatic heterocycles. The molecular weight excluding hydrogens is 603 g/mol. The molecule has 4 aromatic carbocycles. The van der Waals surface area contributed by atoms with E-state index >= 15 is 0 Å². The number of fused-ring (bicyclic) bond motifs is 2. The Morgan fingerprint density at radius 1 is 0.524 bits per heavy atom. The normalized spacial score (nSPS) is 11.2. The molecule has 2 amide bonds. The Kier molecular flexibility index (Phi) is 8.58. The van der Waals surface area contributed by atoms with Crippen molar-refractivity contribution in [3.63, 3.8) is 0 Å². The Morgan fingerprint density at radius 3 is 1.26 bits per heavy atom. The van der Waals surface area contributed by atoms with E-state index < -0.39 is 0 Å². The van der Waals surface area contributed by atoms with E-state index in [0.717, 1.165) is 31.3 Å². The number of carbonyl (C=O) groups is 2. The Hall–Kier alpha value is -3.68. The van der Waals surface area contributed by atoms with Crippen LogP contribution in [0.5, 0.6) is 0 Å². The van der Waals surface area contributed by atoms with Crippen molar-refractivity contribution in [2.45, 2.75) is 13.1 Å². The van der Waals surface area contributed by atoms with Crippen molar-refractivity contribution in [2.75, 3.05) is 13.1 Å². The van der Waals surface area contributed by atoms with E-state index in [1.807, 2.05) is 109 Å². The number of rotatable bonds is 9. The predicted molar refractivity (Wildman–Crippen MR) is 176 cm³/mol. The highest BCUT2D eigenvalue weighted by Gasteiger charge is 2.27. The first-order valence-electron chi connectivity index (χ1n) is 13.5. The molecule has 6 aromatic rings. The smallest absolute Gasteiger partial charge is 0.265 e. The summed E-state index contributed by atoms with van der Waals surface area (Å²) in [5.74, 6) is -0.311. The number of carbonyl (C=O) groups excluding carboxylic acids is 2. The third-order valence-corrected chi connectivity index (χ3v) is 10.4. The van der Waals surface area contributed by atoms with E-state index in [4.69, 9.17) is 23.2 Å². The minimum Gasteiger partial charge on any atom is -0.332 e. The monoisotopic (exact) mass is 628 g/mol. The average Bonchev–Trinajstić information content (AvgIpc) is 3.55. The van der Waals surface area contributed by atoms with Gasteiger partial charge >= 0.3 is 0 Å². The lowest BCUT2D eigenvalue weighted by molar-refractivity contribution is 0.0650. The summed E-state index contributed by atoms with van der Waals surface area (Å²) >= 11 is 16.3. The second-order valence-corrected chi connectivity index (χ2v) is 12.8. The van der Waals surface area contributed by atoms with Gasteiger partial charge in [0.25, 0.3) is 11.8 Å². The van der Waals surface area contributed by atoms with Gasteiger partial charge in [0.1, 0.15) is 9.75 Å². The number of benzene rings is 4. The lowest BCUT2D eigenvalue weighted by Gasteiger charge is -2.28. The molecule has 0 bridgehead atoms. The van der Waals surface area contributed by atoms with E-state index in [-0.39, 0.29) is 11.8 Å². The van der Waals surface area contributed by atoms with Crippen LogP contribution in [-0.2, 0) is 13.1 Å². The van der Waals surface area contributed by atoms with Gasteiger partial charge in [-0.1, -0.05) is 120 Å². The predicted octanol–water partition coefficient (Wildman–Crippen LogP) is 9.41. The summed E-state index contributed by atoms with van der Waals surface area (Å²) in [6, 6.07) is 35.3. The number of amides is 2. The quantitative estimate of drug-likeness (QED) is 0.160. The fourth-order valence-electron chi connectivity index (χ4n) is 4.94. The van der Waals surface area contributed by atoms with E-state index in [0.29, 0.717) is 46.0 Å². The molecule has 0 aliphatic rings. The van der Waals surface area contributed by atoms with Crippen LogP contribution in [0.15, 0.2) is 109 Å². The molecule has 0 saturated carbocycles. The summed E-state index contributed by atoms with van der Waals surface area (Å²) in [6.45, 7) is 1.42. The first-order valence-corrected chi connectivity index (χ1v) is 15.9. The lowest BCUT2D eigenvalue weighted by atomic mass is 10.2. The summed E-state index contributed by atoms with van der Waals surface area (Å²) < 4.78 is 1.93. The molecule has 0 saturated heterocycles. The first-order chi connectivity index (χ1) is 20.5. The summed E-state index contributed by atoms with van der Waals surface area (Å²) in [5, 5.41) is 2.67. The van der Waals surface area contributed by atoms with E-state index in [1.54, 1.807) is 9.80 Å². The third-order valence-electron chi connectivity index (χ3n) is 7.11. The molecule has 42 heavy (non-hydrogen) atoms. The number of hydrogen-bond donors (Lipinski definition) is 0. The Balaban J connectivity index is 1.32. The maximum Gasteiger partial charge on any atom is 0.265 e. The standard InChI is InChI=1S/C34H26Cl2N2O2S2/c35-29-25-15-7-9-17-27(25)41-31(29)33(39)37(21-23-11-3-1-4-12-23)19-20-38(22-24-13-5-2-6-14-24)34(40)32-30(36)26-16-8-10-18-28(26)42-32/h1-18H,19-22H2. The largest absolute Gasteiger partial charge is 0.332 e. The maximum absolute atomic E-state index is 14.1. The molecular formula is C34H26Cl2N2O2S2. The zero-order valence-electron chi connectivity index (χ0n) is 22.5. The molecule has 8 heteroatoms. The topological polar surface area (TPSA) is 40.6 Å². The summed E-state index contributed by atoms with van der Waals surface area (Å²) in [7, 11) is 0. The number of hydrogen-bond acceptors (Lipinski definition) is 4. The molecule has 0 spiro atoms. The Labute approximate surface area is 262 Å². The van der Waals surface area contributed by atoms with Gasteiger partial charge in [-0.3, -0.25) is 9.59 Å². The van der Waals surface area contributed by atoms with Gasteiger partial charge in [-0.15, -0.1) is 22.7 Å². The van der Waals surface area contributed by atoms with E-state index in [9.17, 15) is 9.59 Å². The minimum atomic E-state index is -0.156. The zero-order chi connectivity index (χ0) is 29.1. The second-order valence-electron chi connectivity index (χ2n) is 9.91. The molecule has 6 rings (SSSR count). The molecule has 0 radical (unpaired) electrons. The lowest BCUT2D eigenvalue weighted by Crippen LogP contribution is -2.40. The fraction of sp³-hybridized carbons (Fsp3) is 0.118. The molecule has 2 heterocycles. The van der Waals surface area contributed by atoms with Gasteiger partial charge in [0.15, 0.2) is 0 Å². The highest BCUT2D eigenvalue weighted by atomic mass is 35.5. The molecule has 0 unspecified atom stereocenters. The van der Waals surface area contributed by atoms with Crippen molar-refractivity contribution in [3.05, 3.63) is 140 Å². The molecule has 210 valence electrons. The van der Waals surface area contributed by atoms with Crippen molar-refractivity contribution in [2.24, 2.45) is 0 Å². The Morgan fingerprint density at radius 2 is 0.881 bits per heavy atom. The number of nitrogens with zero attached hydrogens (tertiary/aromatic N) is 2. The van der Waals surface area contributed by atoms with Gasteiger partial charge in [-0.2, -0.15) is 0 Å². The van der Waals surface area contributed by atoms with Gasteiger partial charge < -0.3 is 9.80 Å². The number of thiophene rings is 2. The SMILES string of the molecule is O=C(c1sc2ccccc2c1Cl)N(CCN(Cc1ccccc1)C(=O)c1sc2ccccc2c1Cl)Cc1ccccc1. The molecule has 4 nitrogen and oxygen atoms in total. The molecule has 0 fully saturated rings. The van der Waals surface area contributed by atoms with E-state index in [2.05, 4.69) is 0 Å². The summed E-state index contributed by atoms with van der Waals surface area (Å²) in [6.07, 6.45) is 0. The van der Waals surface area contributed by atoms with Crippen LogP contribution in [0.1, 0.15) is 30.5 Å². The van der Waals surface area contributed by atoms with Crippen molar-refractivity contribution >= 4 is 77.9 Å². The highest BCUT2D eigenvalue weighted by Crippen LogP contribution is 2.37. The molecule has 0 atom stereocenters. The molecule has 2 aromatic heterocycles. The van der Waals surface area contributed by atoms with Crippen molar-refractivity contribution in [3.8, 4) is 0 Å². The van der Waals surface area contributed by atoms with Crippen LogP contribution < -0.4 is 0 Å². The van der Waals surface area contributed by atoms with Gasteiger partial charge in [0.2, 0.25) is 0 Å². The van der Waals surface area contributed by atoms with Crippen molar-refractivity contribution in [1.82, 2.24) is 9.80 Å². The van der Waals surface area contributed by atoms with Gasteiger partial charge in [-0.05, 0) is 23.3 Å². The average molecular weight is 630 g/mol. The minimum absolute atomic E-state index is 0.156. The van der Waals surface area contributed by atoms with Crippen LogP contribution >= 0.6 is 45.9 Å². The van der Waals surface area contributed by atoms with Crippen LogP contribution in [0.25, 0.3) is 20.2 Å². The highest BCUT2D eigenvalue weighted by molar-refractivity contribution is 7.22. The summed E-state index contributed by atoms with van der Waals surface area (Å²) in [4.78, 5) is 32.7. The molecule has 0 N–H and O–H groups in total. The fourth-order valence-corrected chi connectivity index (χ4v) is 7.90. The number of halogens is 2. The van der Waals surface area contributed by atoms with Crippen LogP contribution in [0, 0.1) is 0 Å². The van der Waals surface area contributed by atoms with Crippen LogP contribution in [0.4, 0.5) is 0 Å². The third kappa shape index (κ3) is 5.94. The summed E-state index contributed by atoms with van der Waals surface area (Å²) in [5.41, 5.74) is 1.99. The van der Waals surface area contributed by atoms with Gasteiger partial charge in [-0.25, -0.2) is 0 Å². The molecule has 0 aliphatic carbocycles. The van der Waals surface area contributed by atoms with Crippen LogP contribution in [0.3, 0.4) is 0 Å². The van der Waals surface area contributed by atoms with Gasteiger partial charge in [0, 0.05) is 46.4 Å². The van der Waals surface area contributed by atoms with E-state index in [1.165, 1.54) is 22.7 Å². The Bertz CT molecular complexity index is 1730. The zero-order valence-corrected chi connectivity index (χ0v) is 25.6. The second kappa shape index (κ2) is 12.7. The van der Waals surface area contributed by atoms with Gasteiger partial charge in [0.05, 0.1) is 10.0 Å². The van der Waals surface area contributed by atoms with Crippen LogP contribution in [0.2, 0.25) is 10.0 Å². The van der Waals surface area contributed by atoms with Crippen molar-refractivity contribution < 1.29 is 9.59 Å². The maximum atomic E-state index is 14.1. The first kappa shape index (κ1) is 28.4. The van der Waals surface area contributed by atoms with Crippen molar-refractivity contribution in [1.29, 1.82) is 0 Å².